The van der Waals surface area contributed by atoms with Crippen LogP contribution in [0.25, 0.3) is 0 Å². The first-order valence-corrected chi connectivity index (χ1v) is 14.7. The van der Waals surface area contributed by atoms with E-state index in [-0.39, 0.29) is 16.6 Å². The molecule has 0 fully saturated rings. The summed E-state index contributed by atoms with van der Waals surface area (Å²) in [6.07, 6.45) is 2.26. The molecule has 2 atom stereocenters. The Kier molecular flexibility index (Phi) is 11.1. The standard InChI is InChI=1S/C16H26O4S.C16H26/c1-15(2,3)11-14(16(4,5)6)12-7-9-13(10-8-12)20-21(17,18)19;1-15(2,3)12-14(16(4,5)6)13-10-8-7-9-11-13/h7-10,14H,11H2,1-6H3,(H,17,18,19);7-11,14H,12H2,1-6H3. The van der Waals surface area contributed by atoms with Crippen molar-refractivity contribution in [2.75, 3.05) is 0 Å². The highest BCUT2D eigenvalue weighted by molar-refractivity contribution is 7.81. The molecule has 0 heterocycles. The van der Waals surface area contributed by atoms with Crippen LogP contribution in [0.15, 0.2) is 54.6 Å². The van der Waals surface area contributed by atoms with Crippen LogP contribution in [-0.2, 0) is 10.4 Å². The van der Waals surface area contributed by atoms with Crippen molar-refractivity contribution in [1.82, 2.24) is 0 Å². The van der Waals surface area contributed by atoms with E-state index in [1.807, 2.05) is 12.1 Å². The van der Waals surface area contributed by atoms with Gasteiger partial charge in [0.1, 0.15) is 5.75 Å². The maximum atomic E-state index is 10.7. The van der Waals surface area contributed by atoms with Gasteiger partial charge in [0, 0.05) is 0 Å². The highest BCUT2D eigenvalue weighted by Crippen LogP contribution is 2.44. The molecule has 0 aliphatic rings. The molecule has 2 aromatic rings. The highest BCUT2D eigenvalue weighted by atomic mass is 32.3. The molecule has 2 rings (SSSR count). The topological polar surface area (TPSA) is 63.6 Å². The molecule has 210 valence electrons. The normalized spacial score (nSPS) is 14.8. The van der Waals surface area contributed by atoms with Crippen molar-refractivity contribution in [2.45, 2.75) is 108 Å². The van der Waals surface area contributed by atoms with E-state index in [1.54, 1.807) is 12.1 Å². The summed E-state index contributed by atoms with van der Waals surface area (Å²) in [6.45, 7) is 27.2. The first-order valence-electron chi connectivity index (χ1n) is 13.3. The molecule has 0 amide bonds. The zero-order chi connectivity index (χ0) is 28.9. The van der Waals surface area contributed by atoms with Crippen LogP contribution in [-0.4, -0.2) is 13.0 Å². The summed E-state index contributed by atoms with van der Waals surface area (Å²) in [7, 11) is -4.47. The van der Waals surface area contributed by atoms with Crippen molar-refractivity contribution in [3.63, 3.8) is 0 Å². The molecular formula is C32H52O4S. The van der Waals surface area contributed by atoms with Crippen molar-refractivity contribution >= 4 is 10.4 Å². The maximum Gasteiger partial charge on any atom is 0.446 e. The second-order valence-electron chi connectivity index (χ2n) is 14.9. The lowest BCUT2D eigenvalue weighted by atomic mass is 9.69. The molecule has 4 nitrogen and oxygen atoms in total. The minimum Gasteiger partial charge on any atom is -0.362 e. The molecule has 0 saturated carbocycles. The third kappa shape index (κ3) is 13.5. The van der Waals surface area contributed by atoms with Gasteiger partial charge in [-0.15, -0.1) is 0 Å². The molecule has 5 heteroatoms. The fourth-order valence-electron chi connectivity index (χ4n) is 4.64. The van der Waals surface area contributed by atoms with E-state index < -0.39 is 10.4 Å². The minimum absolute atomic E-state index is 0.0959. The van der Waals surface area contributed by atoms with E-state index in [4.69, 9.17) is 4.55 Å². The van der Waals surface area contributed by atoms with Crippen LogP contribution in [0.1, 0.15) is 119 Å². The van der Waals surface area contributed by atoms with Gasteiger partial charge in [0.05, 0.1) is 0 Å². The fourth-order valence-corrected chi connectivity index (χ4v) is 4.99. The van der Waals surface area contributed by atoms with Crippen molar-refractivity contribution in [3.05, 3.63) is 65.7 Å². The lowest BCUT2D eigenvalue weighted by Crippen LogP contribution is -2.23. The lowest BCUT2D eigenvalue weighted by Gasteiger charge is -2.36. The Morgan fingerprint density at radius 2 is 0.973 bits per heavy atom. The molecule has 0 saturated heterocycles. The van der Waals surface area contributed by atoms with E-state index in [9.17, 15) is 8.42 Å². The van der Waals surface area contributed by atoms with Gasteiger partial charge in [0.25, 0.3) is 0 Å². The molecule has 0 aliphatic heterocycles. The Hall–Kier alpha value is -1.85. The summed E-state index contributed by atoms with van der Waals surface area (Å²) in [5.74, 6) is 1.09. The molecule has 2 unspecified atom stereocenters. The molecule has 1 N–H and O–H groups in total. The summed E-state index contributed by atoms with van der Waals surface area (Å²) >= 11 is 0. The lowest BCUT2D eigenvalue weighted by molar-refractivity contribution is 0.229. The Labute approximate surface area is 228 Å². The first kappa shape index (κ1) is 33.2. The summed E-state index contributed by atoms with van der Waals surface area (Å²) in [5.41, 5.74) is 3.62. The minimum atomic E-state index is -4.47. The summed E-state index contributed by atoms with van der Waals surface area (Å²) in [5, 5.41) is 0. The van der Waals surface area contributed by atoms with E-state index >= 15 is 0 Å². The van der Waals surface area contributed by atoms with Crippen LogP contribution in [0.5, 0.6) is 5.75 Å². The number of hydrogen-bond acceptors (Lipinski definition) is 3. The number of rotatable bonds is 6. The average molecular weight is 533 g/mol. The Bertz CT molecular complexity index is 1040. The van der Waals surface area contributed by atoms with Gasteiger partial charge >= 0.3 is 10.4 Å². The fraction of sp³-hybridized carbons (Fsp3) is 0.625. The van der Waals surface area contributed by atoms with Gasteiger partial charge in [0.2, 0.25) is 0 Å². The van der Waals surface area contributed by atoms with E-state index in [0.717, 1.165) is 12.0 Å². The van der Waals surface area contributed by atoms with Crippen LogP contribution >= 0.6 is 0 Å². The van der Waals surface area contributed by atoms with Gasteiger partial charge in [0.15, 0.2) is 0 Å². The van der Waals surface area contributed by atoms with E-state index in [1.165, 1.54) is 12.0 Å². The zero-order valence-corrected chi connectivity index (χ0v) is 26.2. The third-order valence-corrected chi connectivity index (χ3v) is 6.81. The highest BCUT2D eigenvalue weighted by Gasteiger charge is 2.31. The molecule has 0 radical (unpaired) electrons. The average Bonchev–Trinajstić information content (AvgIpc) is 2.68. The van der Waals surface area contributed by atoms with Gasteiger partial charge < -0.3 is 4.18 Å². The Morgan fingerprint density at radius 3 is 1.27 bits per heavy atom. The summed E-state index contributed by atoms with van der Waals surface area (Å²) in [6, 6.07) is 17.8. The van der Waals surface area contributed by atoms with Gasteiger partial charge in [-0.25, -0.2) is 0 Å². The Balaban J connectivity index is 0.000000384. The largest absolute Gasteiger partial charge is 0.446 e. The van der Waals surface area contributed by atoms with Crippen molar-refractivity contribution < 1.29 is 17.2 Å². The monoisotopic (exact) mass is 532 g/mol. The van der Waals surface area contributed by atoms with Crippen LogP contribution < -0.4 is 4.18 Å². The molecule has 0 aromatic heterocycles. The van der Waals surface area contributed by atoms with E-state index in [0.29, 0.717) is 22.7 Å². The van der Waals surface area contributed by atoms with Gasteiger partial charge in [-0.05, 0) is 69.6 Å². The van der Waals surface area contributed by atoms with Crippen LogP contribution in [0.4, 0.5) is 0 Å². The zero-order valence-electron chi connectivity index (χ0n) is 25.3. The van der Waals surface area contributed by atoms with E-state index in [2.05, 4.69) is 118 Å². The second-order valence-corrected chi connectivity index (χ2v) is 15.9. The van der Waals surface area contributed by atoms with Crippen LogP contribution in [0.3, 0.4) is 0 Å². The first-order chi connectivity index (χ1) is 16.5. The smallest absolute Gasteiger partial charge is 0.362 e. The van der Waals surface area contributed by atoms with Crippen LogP contribution in [0, 0.1) is 21.7 Å². The maximum absolute atomic E-state index is 10.7. The van der Waals surface area contributed by atoms with Gasteiger partial charge in [-0.3, -0.25) is 4.55 Å². The number of hydrogen-bond donors (Lipinski definition) is 1. The van der Waals surface area contributed by atoms with Crippen molar-refractivity contribution in [3.8, 4) is 5.75 Å². The molecule has 0 bridgehead atoms. The third-order valence-electron chi connectivity index (χ3n) is 6.41. The summed E-state index contributed by atoms with van der Waals surface area (Å²) < 4.78 is 34.5. The van der Waals surface area contributed by atoms with Crippen LogP contribution in [0.2, 0.25) is 0 Å². The molecule has 0 spiro atoms. The predicted octanol–water partition coefficient (Wildman–Crippen LogP) is 9.69. The second kappa shape index (κ2) is 12.3. The molecular weight excluding hydrogens is 480 g/mol. The van der Waals surface area contributed by atoms with Gasteiger partial charge in [-0.1, -0.05) is 126 Å². The Morgan fingerprint density at radius 1 is 0.622 bits per heavy atom. The van der Waals surface area contributed by atoms with Gasteiger partial charge in [-0.2, -0.15) is 8.42 Å². The quantitative estimate of drug-likeness (QED) is 0.376. The number of benzene rings is 2. The SMILES string of the molecule is CC(C)(C)CC(c1ccc(OS(=O)(=O)O)cc1)C(C)(C)C.CC(C)(C)CC(c1ccccc1)C(C)(C)C. The molecule has 37 heavy (non-hydrogen) atoms. The van der Waals surface area contributed by atoms with Crippen molar-refractivity contribution in [2.24, 2.45) is 21.7 Å². The summed E-state index contributed by atoms with van der Waals surface area (Å²) in [4.78, 5) is 0. The predicted molar refractivity (Wildman–Crippen MR) is 158 cm³/mol. The van der Waals surface area contributed by atoms with Crippen molar-refractivity contribution in [1.29, 1.82) is 0 Å². The molecule has 2 aromatic carbocycles. The molecule has 0 aliphatic carbocycles.